The lowest BCUT2D eigenvalue weighted by atomic mass is 10.2. The maximum Gasteiger partial charge on any atom is 0.263 e. The second-order valence-corrected chi connectivity index (χ2v) is 7.54. The lowest BCUT2D eigenvalue weighted by Crippen LogP contribution is -2.30. The molecule has 142 valence electrons. The fourth-order valence-corrected chi connectivity index (χ4v) is 4.06. The molecule has 0 saturated heterocycles. The van der Waals surface area contributed by atoms with Crippen LogP contribution in [0.1, 0.15) is 27.4 Å². The molecule has 28 heavy (non-hydrogen) atoms. The molecule has 0 aliphatic rings. The normalized spacial score (nSPS) is 11.0. The van der Waals surface area contributed by atoms with Gasteiger partial charge in [-0.05, 0) is 37.6 Å². The van der Waals surface area contributed by atoms with Crippen molar-refractivity contribution in [2.45, 2.75) is 20.4 Å². The predicted octanol–water partition coefficient (Wildman–Crippen LogP) is 5.36. The van der Waals surface area contributed by atoms with Gasteiger partial charge in [0, 0.05) is 6.07 Å². The topological polar surface area (TPSA) is 55.6 Å². The zero-order chi connectivity index (χ0) is 19.7. The van der Waals surface area contributed by atoms with E-state index in [1.54, 1.807) is 18.1 Å². The molecule has 0 atom stereocenters. The van der Waals surface area contributed by atoms with Crippen LogP contribution in [0.25, 0.3) is 10.2 Å². The first-order chi connectivity index (χ1) is 13.5. The maximum atomic E-state index is 13.4. The summed E-state index contributed by atoms with van der Waals surface area (Å²) < 4.78 is 11.9. The molecule has 0 bridgehead atoms. The Morgan fingerprint density at radius 3 is 2.61 bits per heavy atom. The number of aryl methyl sites for hydroxylation is 2. The first-order valence-electron chi connectivity index (χ1n) is 8.92. The van der Waals surface area contributed by atoms with Gasteiger partial charge in [-0.1, -0.05) is 41.7 Å². The summed E-state index contributed by atoms with van der Waals surface area (Å²) in [5.41, 5.74) is 2.40. The number of aromatic nitrogens is 1. The Labute approximate surface area is 167 Å². The van der Waals surface area contributed by atoms with E-state index in [-0.39, 0.29) is 5.91 Å². The fourth-order valence-electron chi connectivity index (χ4n) is 3.12. The Hall–Kier alpha value is -3.12. The molecule has 2 aromatic heterocycles. The van der Waals surface area contributed by atoms with Crippen molar-refractivity contribution in [3.63, 3.8) is 0 Å². The Bertz CT molecular complexity index is 1130. The Morgan fingerprint density at radius 2 is 1.93 bits per heavy atom. The highest BCUT2D eigenvalue weighted by atomic mass is 32.1. The van der Waals surface area contributed by atoms with Gasteiger partial charge < -0.3 is 9.15 Å². The number of thiazole rings is 1. The van der Waals surface area contributed by atoms with Crippen molar-refractivity contribution in [3.05, 3.63) is 77.2 Å². The Morgan fingerprint density at radius 1 is 1.14 bits per heavy atom. The molecular formula is C22H20N2O3S. The molecule has 4 rings (SSSR count). The second kappa shape index (κ2) is 7.48. The minimum absolute atomic E-state index is 0.121. The van der Waals surface area contributed by atoms with Crippen LogP contribution in [0.3, 0.4) is 0 Å². The SMILES string of the molecule is COc1ccc2sc(N(Cc3ccccc3)C(=O)c3cc(C)oc3C)nc2c1. The third kappa shape index (κ3) is 3.51. The quantitative estimate of drug-likeness (QED) is 0.459. The van der Waals surface area contributed by atoms with E-state index in [1.165, 1.54) is 11.3 Å². The number of nitrogens with zero attached hydrogens (tertiary/aromatic N) is 2. The summed E-state index contributed by atoms with van der Waals surface area (Å²) in [6.07, 6.45) is 0. The molecule has 0 spiro atoms. The number of ether oxygens (including phenoxy) is 1. The van der Waals surface area contributed by atoms with E-state index in [1.807, 2.05) is 62.4 Å². The van der Waals surface area contributed by atoms with Gasteiger partial charge in [0.25, 0.3) is 5.91 Å². The zero-order valence-corrected chi connectivity index (χ0v) is 16.7. The number of hydrogen-bond acceptors (Lipinski definition) is 5. The molecule has 2 heterocycles. The van der Waals surface area contributed by atoms with Crippen LogP contribution in [0.2, 0.25) is 0 Å². The number of methoxy groups -OCH3 is 1. The van der Waals surface area contributed by atoms with Gasteiger partial charge in [0.2, 0.25) is 0 Å². The minimum atomic E-state index is -0.121. The molecule has 1 amide bonds. The molecule has 0 aliphatic carbocycles. The molecule has 0 unspecified atom stereocenters. The average Bonchev–Trinajstić information content (AvgIpc) is 3.27. The number of benzene rings is 2. The van der Waals surface area contributed by atoms with Crippen molar-refractivity contribution in [2.75, 3.05) is 12.0 Å². The number of furan rings is 1. The highest BCUT2D eigenvalue weighted by molar-refractivity contribution is 7.22. The van der Waals surface area contributed by atoms with Crippen molar-refractivity contribution in [3.8, 4) is 5.75 Å². The Balaban J connectivity index is 1.78. The molecule has 4 aromatic rings. The predicted molar refractivity (Wildman–Crippen MR) is 111 cm³/mol. The highest BCUT2D eigenvalue weighted by Gasteiger charge is 2.25. The van der Waals surface area contributed by atoms with Crippen LogP contribution in [-0.2, 0) is 6.54 Å². The van der Waals surface area contributed by atoms with Gasteiger partial charge >= 0.3 is 0 Å². The number of carbonyl (C=O) groups excluding carboxylic acids is 1. The molecule has 0 radical (unpaired) electrons. The van der Waals surface area contributed by atoms with E-state index in [2.05, 4.69) is 0 Å². The van der Waals surface area contributed by atoms with E-state index >= 15 is 0 Å². The van der Waals surface area contributed by atoms with Gasteiger partial charge in [0.15, 0.2) is 5.13 Å². The smallest absolute Gasteiger partial charge is 0.263 e. The molecule has 2 aromatic carbocycles. The number of rotatable bonds is 5. The first kappa shape index (κ1) is 18.3. The number of carbonyl (C=O) groups is 1. The van der Waals surface area contributed by atoms with Gasteiger partial charge in [0.05, 0.1) is 29.4 Å². The number of amides is 1. The lowest BCUT2D eigenvalue weighted by molar-refractivity contribution is 0.0983. The summed E-state index contributed by atoms with van der Waals surface area (Å²) in [5.74, 6) is 1.95. The monoisotopic (exact) mass is 392 g/mol. The number of fused-ring (bicyclic) bond motifs is 1. The summed E-state index contributed by atoms with van der Waals surface area (Å²) in [6, 6.07) is 17.4. The van der Waals surface area contributed by atoms with E-state index in [4.69, 9.17) is 14.1 Å². The van der Waals surface area contributed by atoms with Crippen molar-refractivity contribution in [1.82, 2.24) is 4.98 Å². The zero-order valence-electron chi connectivity index (χ0n) is 15.9. The van der Waals surface area contributed by atoms with Crippen molar-refractivity contribution >= 4 is 32.6 Å². The number of hydrogen-bond donors (Lipinski definition) is 0. The summed E-state index contributed by atoms with van der Waals surface area (Å²) in [4.78, 5) is 19.8. The third-order valence-corrected chi connectivity index (χ3v) is 5.57. The molecular weight excluding hydrogens is 372 g/mol. The van der Waals surface area contributed by atoms with Crippen LogP contribution in [0.15, 0.2) is 59.0 Å². The molecule has 0 saturated carbocycles. The summed E-state index contributed by atoms with van der Waals surface area (Å²) >= 11 is 1.49. The summed E-state index contributed by atoms with van der Waals surface area (Å²) in [7, 11) is 1.63. The van der Waals surface area contributed by atoms with Crippen LogP contribution >= 0.6 is 11.3 Å². The molecule has 0 N–H and O–H groups in total. The fraction of sp³-hybridized carbons (Fsp3) is 0.182. The van der Waals surface area contributed by atoms with Crippen molar-refractivity contribution in [2.24, 2.45) is 0 Å². The van der Waals surface area contributed by atoms with E-state index in [0.717, 1.165) is 27.3 Å². The van der Waals surface area contributed by atoms with Crippen LogP contribution < -0.4 is 9.64 Å². The van der Waals surface area contributed by atoms with Gasteiger partial charge in [-0.2, -0.15) is 0 Å². The maximum absolute atomic E-state index is 13.4. The van der Waals surface area contributed by atoms with Gasteiger partial charge in [-0.15, -0.1) is 0 Å². The lowest BCUT2D eigenvalue weighted by Gasteiger charge is -2.19. The molecule has 6 heteroatoms. The summed E-state index contributed by atoms with van der Waals surface area (Å²) in [5, 5.41) is 0.648. The summed E-state index contributed by atoms with van der Waals surface area (Å²) in [6.45, 7) is 4.08. The van der Waals surface area contributed by atoms with E-state index in [0.29, 0.717) is 23.0 Å². The van der Waals surface area contributed by atoms with E-state index in [9.17, 15) is 4.79 Å². The average molecular weight is 392 g/mol. The van der Waals surface area contributed by atoms with Gasteiger partial charge in [-0.25, -0.2) is 4.98 Å². The Kier molecular flexibility index (Phi) is 4.88. The van der Waals surface area contributed by atoms with Crippen LogP contribution in [-0.4, -0.2) is 18.0 Å². The largest absolute Gasteiger partial charge is 0.497 e. The van der Waals surface area contributed by atoms with Crippen LogP contribution in [0.4, 0.5) is 5.13 Å². The third-order valence-electron chi connectivity index (χ3n) is 4.51. The second-order valence-electron chi connectivity index (χ2n) is 6.53. The molecule has 5 nitrogen and oxygen atoms in total. The first-order valence-corrected chi connectivity index (χ1v) is 9.74. The highest BCUT2D eigenvalue weighted by Crippen LogP contribution is 2.33. The molecule has 0 fully saturated rings. The standard InChI is InChI=1S/C22H20N2O3S/c1-14-11-18(15(2)27-14)21(25)24(13-16-7-5-4-6-8-16)22-23-19-12-17(26-3)9-10-20(19)28-22/h4-12H,13H2,1-3H3. The van der Waals surface area contributed by atoms with Crippen LogP contribution in [0, 0.1) is 13.8 Å². The van der Waals surface area contributed by atoms with Crippen LogP contribution in [0.5, 0.6) is 5.75 Å². The van der Waals surface area contributed by atoms with E-state index < -0.39 is 0 Å². The number of anilines is 1. The van der Waals surface area contributed by atoms with Gasteiger partial charge in [0.1, 0.15) is 17.3 Å². The van der Waals surface area contributed by atoms with Gasteiger partial charge in [-0.3, -0.25) is 9.69 Å². The van der Waals surface area contributed by atoms with Crippen molar-refractivity contribution < 1.29 is 13.9 Å². The molecule has 0 aliphatic heterocycles. The minimum Gasteiger partial charge on any atom is -0.497 e. The van der Waals surface area contributed by atoms with Crippen molar-refractivity contribution in [1.29, 1.82) is 0 Å².